The van der Waals surface area contributed by atoms with Gasteiger partial charge in [-0.1, -0.05) is 71.0 Å². The summed E-state index contributed by atoms with van der Waals surface area (Å²) < 4.78 is 0. The molecule has 16 heavy (non-hydrogen) atoms. The van der Waals surface area contributed by atoms with Crippen molar-refractivity contribution in [2.45, 2.75) is 71.0 Å². The van der Waals surface area contributed by atoms with Crippen LogP contribution in [-0.2, 0) is 0 Å². The monoisotopic (exact) mass is 306 g/mol. The second-order valence-electron chi connectivity index (χ2n) is 8.13. The van der Waals surface area contributed by atoms with Gasteiger partial charge in [0.05, 0.1) is 0 Å². The first-order chi connectivity index (χ1) is 6.81. The van der Waals surface area contributed by atoms with Crippen LogP contribution in [0.1, 0.15) is 0 Å². The summed E-state index contributed by atoms with van der Waals surface area (Å²) in [4.78, 5) is 0. The lowest BCUT2D eigenvalue weighted by Crippen LogP contribution is -2.78. The molecule has 0 bridgehead atoms. The summed E-state index contributed by atoms with van der Waals surface area (Å²) in [6.45, 7) is 24.4. The van der Waals surface area contributed by atoms with Gasteiger partial charge in [-0.15, -0.1) is 0 Å². The standard InChI is InChI=1S/C11H34Si5/c1-13(2,3)15(6,7)16(8,9)14(4,5)11-10-12/h10-11H2,1-9,12H3. The van der Waals surface area contributed by atoms with Crippen molar-refractivity contribution in [3.63, 3.8) is 0 Å². The van der Waals surface area contributed by atoms with Crippen LogP contribution in [0, 0.1) is 0 Å². The van der Waals surface area contributed by atoms with E-state index in [1.54, 1.807) is 12.1 Å². The molecule has 0 atom stereocenters. The summed E-state index contributed by atoms with van der Waals surface area (Å²) in [6.07, 6.45) is 0. The fourth-order valence-corrected chi connectivity index (χ4v) is 79.2. The molecular formula is C11H34Si5. The molecule has 0 aliphatic rings. The molecule has 98 valence electrons. The molecular weight excluding hydrogens is 273 g/mol. The Morgan fingerprint density at radius 3 is 1.31 bits per heavy atom. The minimum absolute atomic E-state index is 0.906. The maximum absolute atomic E-state index is 2.76. The van der Waals surface area contributed by atoms with Gasteiger partial charge in [-0.25, -0.2) is 0 Å². The zero-order valence-corrected chi connectivity index (χ0v) is 19.4. The molecule has 0 rings (SSSR count). The van der Waals surface area contributed by atoms with Gasteiger partial charge in [0, 0.05) is 39.6 Å². The van der Waals surface area contributed by atoms with E-state index < -0.39 is 29.4 Å². The molecule has 0 saturated carbocycles. The Morgan fingerprint density at radius 1 is 0.688 bits per heavy atom. The second-order valence-corrected chi connectivity index (χ2v) is 51.0. The summed E-state index contributed by atoms with van der Waals surface area (Å²) in [5.41, 5.74) is 0. The normalized spacial score (nSPS) is 15.6. The van der Waals surface area contributed by atoms with Crippen LogP contribution in [0.15, 0.2) is 0 Å². The first-order valence-corrected chi connectivity index (χ1v) is 23.9. The number of hydrogen-bond acceptors (Lipinski definition) is 0. The Morgan fingerprint density at radius 2 is 1.06 bits per heavy atom. The van der Waals surface area contributed by atoms with Crippen LogP contribution < -0.4 is 0 Å². The summed E-state index contributed by atoms with van der Waals surface area (Å²) >= 11 is 0. The van der Waals surface area contributed by atoms with Crippen molar-refractivity contribution >= 4 is 39.6 Å². The van der Waals surface area contributed by atoms with Crippen LogP contribution in [0.2, 0.25) is 71.0 Å². The molecule has 0 nitrogen and oxygen atoms in total. The average molecular weight is 307 g/mol. The molecule has 0 aromatic rings. The van der Waals surface area contributed by atoms with Gasteiger partial charge < -0.3 is 0 Å². The molecule has 0 radical (unpaired) electrons. The van der Waals surface area contributed by atoms with Crippen molar-refractivity contribution in [3.8, 4) is 0 Å². The maximum atomic E-state index is 2.76. The van der Waals surface area contributed by atoms with E-state index in [-0.39, 0.29) is 0 Å². The highest BCUT2D eigenvalue weighted by molar-refractivity contribution is 7.83. The van der Waals surface area contributed by atoms with Crippen LogP contribution >= 0.6 is 0 Å². The van der Waals surface area contributed by atoms with Gasteiger partial charge in [0.1, 0.15) is 0 Å². The van der Waals surface area contributed by atoms with E-state index in [0.29, 0.717) is 0 Å². The fraction of sp³-hybridized carbons (Fsp3) is 1.00. The second kappa shape index (κ2) is 4.99. The van der Waals surface area contributed by atoms with Gasteiger partial charge >= 0.3 is 0 Å². The molecule has 0 unspecified atom stereocenters. The lowest BCUT2D eigenvalue weighted by molar-refractivity contribution is 1.37. The van der Waals surface area contributed by atoms with Crippen LogP contribution in [-0.4, -0.2) is 39.6 Å². The van der Waals surface area contributed by atoms with E-state index in [1.165, 1.54) is 10.2 Å². The highest BCUT2D eigenvalue weighted by atomic mass is 29.8. The van der Waals surface area contributed by atoms with Crippen molar-refractivity contribution in [1.29, 1.82) is 0 Å². The molecule has 0 aliphatic carbocycles. The van der Waals surface area contributed by atoms with Crippen LogP contribution in [0.25, 0.3) is 0 Å². The van der Waals surface area contributed by atoms with E-state index in [4.69, 9.17) is 0 Å². The van der Waals surface area contributed by atoms with Crippen molar-refractivity contribution in [2.75, 3.05) is 0 Å². The average Bonchev–Trinajstić information content (AvgIpc) is 2.01. The van der Waals surface area contributed by atoms with Crippen LogP contribution in [0.5, 0.6) is 0 Å². The third-order valence-corrected chi connectivity index (χ3v) is 77.4. The largest absolute Gasteiger partial charge is 0.0733 e. The van der Waals surface area contributed by atoms with Crippen LogP contribution in [0.4, 0.5) is 0 Å². The van der Waals surface area contributed by atoms with Gasteiger partial charge in [0.15, 0.2) is 0 Å². The minimum atomic E-state index is -0.953. The first kappa shape index (κ1) is 17.1. The molecule has 0 amide bonds. The highest BCUT2D eigenvalue weighted by Gasteiger charge is 2.56. The third-order valence-electron chi connectivity index (χ3n) is 6.00. The Bertz CT molecular complexity index is 237. The van der Waals surface area contributed by atoms with Gasteiger partial charge in [-0.3, -0.25) is 0 Å². The third kappa shape index (κ3) is 2.91. The van der Waals surface area contributed by atoms with Crippen molar-refractivity contribution < 1.29 is 0 Å². The maximum Gasteiger partial charge on any atom is 0.0381 e. The zero-order chi connectivity index (χ0) is 13.4. The SMILES string of the molecule is C[Si](C)(C)[Si](C)(C)[Si](C)(C)[Si](C)(C)CC[SiH3]. The Labute approximate surface area is 110 Å². The number of rotatable bonds is 5. The summed E-state index contributed by atoms with van der Waals surface area (Å²) in [6, 6.07) is 3.17. The highest BCUT2D eigenvalue weighted by Crippen LogP contribution is 2.37. The Hall–Kier alpha value is 1.08. The van der Waals surface area contributed by atoms with Crippen LogP contribution in [0.3, 0.4) is 0 Å². The molecule has 0 aromatic heterocycles. The smallest absolute Gasteiger partial charge is 0.0381 e. The lowest BCUT2D eigenvalue weighted by atomic mass is 10.9. The molecule has 0 aromatic carbocycles. The summed E-state index contributed by atoms with van der Waals surface area (Å²) in [5, 5.41) is 0. The van der Waals surface area contributed by atoms with Gasteiger partial charge in [-0.05, 0) is 0 Å². The Balaban J connectivity index is 5.34. The Kier molecular flexibility index (Phi) is 5.33. The fourth-order valence-electron chi connectivity index (χ4n) is 2.72. The molecule has 5 heteroatoms. The summed E-state index contributed by atoms with van der Waals surface area (Å²) in [7, 11) is -2.31. The molecule has 0 saturated heterocycles. The van der Waals surface area contributed by atoms with E-state index in [1.807, 2.05) is 0 Å². The van der Waals surface area contributed by atoms with Crippen molar-refractivity contribution in [1.82, 2.24) is 0 Å². The molecule has 0 spiro atoms. The van der Waals surface area contributed by atoms with Crippen molar-refractivity contribution in [2.24, 2.45) is 0 Å². The van der Waals surface area contributed by atoms with Gasteiger partial charge in [0.2, 0.25) is 0 Å². The predicted molar refractivity (Wildman–Crippen MR) is 95.3 cm³/mol. The van der Waals surface area contributed by atoms with E-state index in [0.717, 1.165) is 0 Å². The quantitative estimate of drug-likeness (QED) is 0.682. The first-order valence-electron chi connectivity index (χ1n) is 6.81. The van der Waals surface area contributed by atoms with E-state index in [2.05, 4.69) is 58.9 Å². The van der Waals surface area contributed by atoms with Gasteiger partial charge in [-0.2, -0.15) is 0 Å². The van der Waals surface area contributed by atoms with E-state index in [9.17, 15) is 0 Å². The molecule has 0 N–H and O–H groups in total. The summed E-state index contributed by atoms with van der Waals surface area (Å²) in [5.74, 6) is 0. The number of hydrogen-bond donors (Lipinski definition) is 0. The lowest BCUT2D eigenvalue weighted by Gasteiger charge is -2.54. The molecule has 0 aliphatic heterocycles. The van der Waals surface area contributed by atoms with E-state index >= 15 is 0 Å². The van der Waals surface area contributed by atoms with Gasteiger partial charge in [0.25, 0.3) is 0 Å². The molecule has 0 fully saturated rings. The topological polar surface area (TPSA) is 0 Å². The molecule has 0 heterocycles. The minimum Gasteiger partial charge on any atom is -0.0733 e. The predicted octanol–water partition coefficient (Wildman–Crippen LogP) is 3.47. The zero-order valence-electron chi connectivity index (χ0n) is 13.4. The van der Waals surface area contributed by atoms with Crippen molar-refractivity contribution in [3.05, 3.63) is 0 Å².